The standard InChI is InChI=1S/C11H23NO3/c1-4-15-9-8-12(10(2)3)7-5-6-11(13)14/h10H,4-9H2,1-3H3,(H,13,14). The molecule has 0 aliphatic carbocycles. The van der Waals surface area contributed by atoms with E-state index < -0.39 is 5.97 Å². The van der Waals surface area contributed by atoms with Gasteiger partial charge in [-0.15, -0.1) is 0 Å². The highest BCUT2D eigenvalue weighted by molar-refractivity contribution is 5.66. The normalized spacial score (nSPS) is 11.3. The second-order valence-electron chi connectivity index (χ2n) is 3.82. The van der Waals surface area contributed by atoms with Crippen LogP contribution in [-0.2, 0) is 9.53 Å². The molecule has 0 aromatic carbocycles. The maximum Gasteiger partial charge on any atom is 0.303 e. The van der Waals surface area contributed by atoms with Crippen molar-refractivity contribution in [2.45, 2.75) is 39.7 Å². The van der Waals surface area contributed by atoms with Gasteiger partial charge in [0, 0.05) is 25.6 Å². The Kier molecular flexibility index (Phi) is 8.33. The Labute approximate surface area is 92.2 Å². The molecular weight excluding hydrogens is 194 g/mol. The monoisotopic (exact) mass is 217 g/mol. The average molecular weight is 217 g/mol. The van der Waals surface area contributed by atoms with Crippen molar-refractivity contribution < 1.29 is 14.6 Å². The molecule has 0 saturated heterocycles. The molecule has 0 radical (unpaired) electrons. The zero-order valence-electron chi connectivity index (χ0n) is 10.0. The molecule has 0 amide bonds. The van der Waals surface area contributed by atoms with Crippen LogP contribution in [0.15, 0.2) is 0 Å². The van der Waals surface area contributed by atoms with Crippen molar-refractivity contribution >= 4 is 5.97 Å². The number of carboxylic acid groups (broad SMARTS) is 1. The van der Waals surface area contributed by atoms with Crippen LogP contribution in [0.5, 0.6) is 0 Å². The Morgan fingerprint density at radius 2 is 2.07 bits per heavy atom. The molecular formula is C11H23NO3. The van der Waals surface area contributed by atoms with Gasteiger partial charge >= 0.3 is 5.97 Å². The van der Waals surface area contributed by atoms with Crippen molar-refractivity contribution in [2.75, 3.05) is 26.3 Å². The highest BCUT2D eigenvalue weighted by Crippen LogP contribution is 2.01. The van der Waals surface area contributed by atoms with Gasteiger partial charge in [-0.1, -0.05) is 0 Å². The smallest absolute Gasteiger partial charge is 0.303 e. The lowest BCUT2D eigenvalue weighted by Crippen LogP contribution is -2.35. The van der Waals surface area contributed by atoms with E-state index in [0.717, 1.165) is 26.3 Å². The van der Waals surface area contributed by atoms with Crippen molar-refractivity contribution in [3.63, 3.8) is 0 Å². The zero-order valence-corrected chi connectivity index (χ0v) is 10.0. The first kappa shape index (κ1) is 14.4. The van der Waals surface area contributed by atoms with Crippen molar-refractivity contribution in [1.82, 2.24) is 4.90 Å². The predicted octanol–water partition coefficient (Wildman–Crippen LogP) is 1.60. The molecule has 0 rings (SSSR count). The molecule has 0 aliphatic heterocycles. The minimum atomic E-state index is -0.719. The summed E-state index contributed by atoms with van der Waals surface area (Å²) >= 11 is 0. The first-order valence-corrected chi connectivity index (χ1v) is 5.61. The Bertz CT molecular complexity index is 171. The molecule has 90 valence electrons. The summed E-state index contributed by atoms with van der Waals surface area (Å²) in [6, 6.07) is 0.444. The van der Waals surface area contributed by atoms with E-state index in [-0.39, 0.29) is 6.42 Å². The fourth-order valence-electron chi connectivity index (χ4n) is 1.39. The van der Waals surface area contributed by atoms with E-state index in [1.807, 2.05) is 6.92 Å². The molecule has 0 saturated carbocycles. The molecule has 0 aromatic heterocycles. The number of hydrogen-bond donors (Lipinski definition) is 1. The van der Waals surface area contributed by atoms with Gasteiger partial charge in [-0.3, -0.25) is 9.69 Å². The van der Waals surface area contributed by atoms with Crippen molar-refractivity contribution in [3.05, 3.63) is 0 Å². The van der Waals surface area contributed by atoms with Gasteiger partial charge in [-0.25, -0.2) is 0 Å². The maximum absolute atomic E-state index is 10.4. The number of aliphatic carboxylic acids is 1. The van der Waals surface area contributed by atoms with Gasteiger partial charge in [0.25, 0.3) is 0 Å². The molecule has 4 nitrogen and oxygen atoms in total. The van der Waals surface area contributed by atoms with Gasteiger partial charge in [0.2, 0.25) is 0 Å². The Morgan fingerprint density at radius 3 is 2.53 bits per heavy atom. The molecule has 0 heterocycles. The predicted molar refractivity (Wildman–Crippen MR) is 60.1 cm³/mol. The van der Waals surface area contributed by atoms with E-state index in [4.69, 9.17) is 9.84 Å². The molecule has 0 aromatic rings. The van der Waals surface area contributed by atoms with Crippen LogP contribution >= 0.6 is 0 Å². The molecule has 0 bridgehead atoms. The summed E-state index contributed by atoms with van der Waals surface area (Å²) in [5.74, 6) is -0.719. The Hall–Kier alpha value is -0.610. The third-order valence-corrected chi connectivity index (χ3v) is 2.29. The average Bonchev–Trinajstić information content (AvgIpc) is 2.15. The number of carboxylic acids is 1. The van der Waals surface area contributed by atoms with Crippen LogP contribution in [0.2, 0.25) is 0 Å². The number of hydrogen-bond acceptors (Lipinski definition) is 3. The van der Waals surface area contributed by atoms with Crippen LogP contribution in [0.4, 0.5) is 0 Å². The zero-order chi connectivity index (χ0) is 11.7. The number of carbonyl (C=O) groups is 1. The second kappa shape index (κ2) is 8.68. The molecule has 1 N–H and O–H groups in total. The summed E-state index contributed by atoms with van der Waals surface area (Å²) in [7, 11) is 0. The Balaban J connectivity index is 3.68. The number of rotatable bonds is 9. The lowest BCUT2D eigenvalue weighted by molar-refractivity contribution is -0.137. The van der Waals surface area contributed by atoms with Gasteiger partial charge in [0.1, 0.15) is 0 Å². The fraction of sp³-hybridized carbons (Fsp3) is 0.909. The third-order valence-electron chi connectivity index (χ3n) is 2.29. The topological polar surface area (TPSA) is 49.8 Å². The summed E-state index contributed by atoms with van der Waals surface area (Å²) in [5.41, 5.74) is 0. The quantitative estimate of drug-likeness (QED) is 0.596. The molecule has 0 fully saturated rings. The lowest BCUT2D eigenvalue weighted by Gasteiger charge is -2.25. The van der Waals surface area contributed by atoms with E-state index in [0.29, 0.717) is 12.5 Å². The van der Waals surface area contributed by atoms with Crippen molar-refractivity contribution in [2.24, 2.45) is 0 Å². The van der Waals surface area contributed by atoms with E-state index in [2.05, 4.69) is 18.7 Å². The van der Waals surface area contributed by atoms with Crippen LogP contribution in [-0.4, -0.2) is 48.3 Å². The number of nitrogens with zero attached hydrogens (tertiary/aromatic N) is 1. The minimum absolute atomic E-state index is 0.248. The molecule has 0 aliphatic rings. The molecule has 0 spiro atoms. The van der Waals surface area contributed by atoms with Crippen molar-refractivity contribution in [3.8, 4) is 0 Å². The van der Waals surface area contributed by atoms with Crippen LogP contribution in [0, 0.1) is 0 Å². The van der Waals surface area contributed by atoms with E-state index in [9.17, 15) is 4.79 Å². The molecule has 0 atom stereocenters. The highest BCUT2D eigenvalue weighted by atomic mass is 16.5. The molecule has 4 heteroatoms. The van der Waals surface area contributed by atoms with Gasteiger partial charge in [0.05, 0.1) is 6.61 Å². The van der Waals surface area contributed by atoms with E-state index >= 15 is 0 Å². The van der Waals surface area contributed by atoms with Gasteiger partial charge in [-0.2, -0.15) is 0 Å². The summed E-state index contributed by atoms with van der Waals surface area (Å²) in [6.07, 6.45) is 0.956. The van der Waals surface area contributed by atoms with Crippen molar-refractivity contribution in [1.29, 1.82) is 0 Å². The summed E-state index contributed by atoms with van der Waals surface area (Å²) in [6.45, 7) is 9.38. The largest absolute Gasteiger partial charge is 0.481 e. The summed E-state index contributed by atoms with van der Waals surface area (Å²) < 4.78 is 5.28. The Morgan fingerprint density at radius 1 is 1.40 bits per heavy atom. The number of ether oxygens (including phenoxy) is 1. The summed E-state index contributed by atoms with van der Waals surface area (Å²) in [4.78, 5) is 12.6. The molecule has 0 unspecified atom stereocenters. The lowest BCUT2D eigenvalue weighted by atomic mass is 10.2. The summed E-state index contributed by atoms with van der Waals surface area (Å²) in [5, 5.41) is 8.54. The van der Waals surface area contributed by atoms with Crippen LogP contribution in [0.25, 0.3) is 0 Å². The van der Waals surface area contributed by atoms with E-state index in [1.165, 1.54) is 0 Å². The maximum atomic E-state index is 10.4. The van der Waals surface area contributed by atoms with Crippen LogP contribution in [0.3, 0.4) is 0 Å². The highest BCUT2D eigenvalue weighted by Gasteiger charge is 2.09. The van der Waals surface area contributed by atoms with E-state index in [1.54, 1.807) is 0 Å². The second-order valence-corrected chi connectivity index (χ2v) is 3.82. The minimum Gasteiger partial charge on any atom is -0.481 e. The van der Waals surface area contributed by atoms with Gasteiger partial charge < -0.3 is 9.84 Å². The first-order valence-electron chi connectivity index (χ1n) is 5.61. The fourth-order valence-corrected chi connectivity index (χ4v) is 1.39. The van der Waals surface area contributed by atoms with Gasteiger partial charge in [-0.05, 0) is 33.7 Å². The molecule has 15 heavy (non-hydrogen) atoms. The first-order chi connectivity index (χ1) is 7.07. The van der Waals surface area contributed by atoms with Gasteiger partial charge in [0.15, 0.2) is 0 Å². The third kappa shape index (κ3) is 8.39. The van der Waals surface area contributed by atoms with Crippen LogP contribution in [0.1, 0.15) is 33.6 Å². The SMILES string of the molecule is CCOCCN(CCCC(=O)O)C(C)C. The van der Waals surface area contributed by atoms with Crippen LogP contribution < -0.4 is 0 Å².